The largest absolute Gasteiger partial charge is 0.334 e. The highest BCUT2D eigenvalue weighted by Gasteiger charge is 2.12. The Morgan fingerprint density at radius 2 is 1.74 bits per heavy atom. The Hall–Kier alpha value is -2.01. The fourth-order valence-electron chi connectivity index (χ4n) is 1.69. The normalized spacial score (nSPS) is 10.6. The zero-order valence-corrected chi connectivity index (χ0v) is 11.3. The zero-order valence-electron chi connectivity index (χ0n) is 9.68. The Morgan fingerprint density at radius 1 is 1.00 bits per heavy atom. The van der Waals surface area contributed by atoms with Crippen LogP contribution in [0.1, 0.15) is 0 Å². The van der Waals surface area contributed by atoms with E-state index in [-0.39, 0.29) is 5.82 Å². The van der Waals surface area contributed by atoms with Gasteiger partial charge in [-0.25, -0.2) is 4.39 Å². The van der Waals surface area contributed by atoms with E-state index in [4.69, 9.17) is 4.52 Å². The van der Waals surface area contributed by atoms with Gasteiger partial charge < -0.3 is 4.52 Å². The molecule has 1 aromatic heterocycles. The third-order valence-electron chi connectivity index (χ3n) is 2.63. The van der Waals surface area contributed by atoms with Crippen LogP contribution in [0.4, 0.5) is 4.39 Å². The summed E-state index contributed by atoms with van der Waals surface area (Å²) in [6.45, 7) is 0. The maximum Gasteiger partial charge on any atom is 0.258 e. The molecule has 94 valence electrons. The van der Waals surface area contributed by atoms with Gasteiger partial charge in [-0.3, -0.25) is 0 Å². The maximum atomic E-state index is 12.9. The Kier molecular flexibility index (Phi) is 3.13. The van der Waals surface area contributed by atoms with Gasteiger partial charge in [-0.05, 0) is 36.4 Å². The Bertz CT molecular complexity index is 709. The minimum Gasteiger partial charge on any atom is -0.334 e. The van der Waals surface area contributed by atoms with Crippen molar-refractivity contribution in [1.29, 1.82) is 0 Å². The summed E-state index contributed by atoms with van der Waals surface area (Å²) in [6.07, 6.45) is 0. The highest BCUT2D eigenvalue weighted by molar-refractivity contribution is 9.10. The molecule has 0 bridgehead atoms. The van der Waals surface area contributed by atoms with Crippen LogP contribution in [0.25, 0.3) is 22.8 Å². The monoisotopic (exact) mass is 318 g/mol. The summed E-state index contributed by atoms with van der Waals surface area (Å²) in [4.78, 5) is 4.31. The van der Waals surface area contributed by atoms with Crippen LogP contribution < -0.4 is 0 Å². The smallest absolute Gasteiger partial charge is 0.258 e. The van der Waals surface area contributed by atoms with Crippen LogP contribution in [0.5, 0.6) is 0 Å². The van der Waals surface area contributed by atoms with E-state index in [1.54, 1.807) is 12.1 Å². The average Bonchev–Trinajstić information content (AvgIpc) is 2.89. The first-order valence-corrected chi connectivity index (χ1v) is 6.38. The van der Waals surface area contributed by atoms with Crippen molar-refractivity contribution in [2.75, 3.05) is 0 Å². The number of rotatable bonds is 2. The van der Waals surface area contributed by atoms with Gasteiger partial charge in [-0.15, -0.1) is 0 Å². The second kappa shape index (κ2) is 4.93. The van der Waals surface area contributed by atoms with Crippen molar-refractivity contribution in [1.82, 2.24) is 10.1 Å². The molecule has 0 unspecified atom stereocenters. The molecule has 0 aliphatic rings. The van der Waals surface area contributed by atoms with Gasteiger partial charge in [-0.1, -0.05) is 33.2 Å². The van der Waals surface area contributed by atoms with Crippen LogP contribution in [-0.4, -0.2) is 10.1 Å². The highest BCUT2D eigenvalue weighted by Crippen LogP contribution is 2.27. The van der Waals surface area contributed by atoms with E-state index in [0.29, 0.717) is 17.3 Å². The van der Waals surface area contributed by atoms with Crippen LogP contribution >= 0.6 is 15.9 Å². The molecular weight excluding hydrogens is 311 g/mol. The van der Waals surface area contributed by atoms with Gasteiger partial charge in [0.1, 0.15) is 5.82 Å². The molecule has 2 aromatic carbocycles. The molecule has 3 nitrogen and oxygen atoms in total. The Morgan fingerprint density at radius 3 is 2.47 bits per heavy atom. The van der Waals surface area contributed by atoms with Gasteiger partial charge in [0.15, 0.2) is 0 Å². The number of hydrogen-bond acceptors (Lipinski definition) is 3. The van der Waals surface area contributed by atoms with Crippen LogP contribution in [0, 0.1) is 5.82 Å². The zero-order chi connectivity index (χ0) is 13.2. The van der Waals surface area contributed by atoms with Gasteiger partial charge in [0.05, 0.1) is 0 Å². The molecule has 0 radical (unpaired) electrons. The average molecular weight is 319 g/mol. The molecule has 0 fully saturated rings. The van der Waals surface area contributed by atoms with E-state index in [1.807, 2.05) is 24.3 Å². The molecule has 0 saturated heterocycles. The summed E-state index contributed by atoms with van der Waals surface area (Å²) < 4.78 is 18.9. The van der Waals surface area contributed by atoms with Crippen molar-refractivity contribution >= 4 is 15.9 Å². The van der Waals surface area contributed by atoms with Crippen molar-refractivity contribution < 1.29 is 8.91 Å². The molecule has 0 atom stereocenters. The lowest BCUT2D eigenvalue weighted by Gasteiger charge is -1.96. The fourth-order valence-corrected chi connectivity index (χ4v) is 2.15. The van der Waals surface area contributed by atoms with Crippen LogP contribution in [0.2, 0.25) is 0 Å². The van der Waals surface area contributed by atoms with Crippen LogP contribution in [0.15, 0.2) is 57.5 Å². The fraction of sp³-hybridized carbons (Fsp3) is 0. The SMILES string of the molecule is Fc1ccc(-c2nc(-c3ccccc3Br)no2)cc1. The summed E-state index contributed by atoms with van der Waals surface area (Å²) in [6, 6.07) is 13.5. The lowest BCUT2D eigenvalue weighted by atomic mass is 10.2. The molecule has 0 saturated carbocycles. The molecular formula is C14H8BrFN2O. The quantitative estimate of drug-likeness (QED) is 0.707. The summed E-state index contributed by atoms with van der Waals surface area (Å²) in [7, 11) is 0. The molecule has 1 heterocycles. The van der Waals surface area contributed by atoms with E-state index in [1.165, 1.54) is 12.1 Å². The summed E-state index contributed by atoms with van der Waals surface area (Å²) in [5.41, 5.74) is 1.53. The summed E-state index contributed by atoms with van der Waals surface area (Å²) in [5, 5.41) is 3.94. The molecule has 19 heavy (non-hydrogen) atoms. The van der Waals surface area contributed by atoms with Gasteiger partial charge >= 0.3 is 0 Å². The topological polar surface area (TPSA) is 38.9 Å². The lowest BCUT2D eigenvalue weighted by molar-refractivity contribution is 0.432. The molecule has 0 spiro atoms. The molecule has 0 amide bonds. The van der Waals surface area contributed by atoms with Gasteiger partial charge in [-0.2, -0.15) is 4.98 Å². The summed E-state index contributed by atoms with van der Waals surface area (Å²) in [5.74, 6) is 0.562. The highest BCUT2D eigenvalue weighted by atomic mass is 79.9. The number of nitrogens with zero attached hydrogens (tertiary/aromatic N) is 2. The second-order valence-corrected chi connectivity index (χ2v) is 4.76. The van der Waals surface area contributed by atoms with Crippen molar-refractivity contribution in [3.05, 3.63) is 58.8 Å². The van der Waals surface area contributed by atoms with E-state index in [2.05, 4.69) is 26.1 Å². The van der Waals surface area contributed by atoms with E-state index < -0.39 is 0 Å². The molecule has 0 N–H and O–H groups in total. The van der Waals surface area contributed by atoms with Gasteiger partial charge in [0, 0.05) is 15.6 Å². The maximum absolute atomic E-state index is 12.9. The predicted octanol–water partition coefficient (Wildman–Crippen LogP) is 4.31. The first kappa shape index (κ1) is 12.0. The molecule has 3 rings (SSSR count). The van der Waals surface area contributed by atoms with E-state index in [9.17, 15) is 4.39 Å². The van der Waals surface area contributed by atoms with E-state index in [0.717, 1.165) is 10.0 Å². The Labute approximate surface area is 117 Å². The summed E-state index contributed by atoms with van der Waals surface area (Å²) >= 11 is 3.44. The second-order valence-electron chi connectivity index (χ2n) is 3.91. The third-order valence-corrected chi connectivity index (χ3v) is 3.32. The molecule has 5 heteroatoms. The number of aromatic nitrogens is 2. The standard InChI is InChI=1S/C14H8BrFN2O/c15-12-4-2-1-3-11(12)13-17-14(19-18-13)9-5-7-10(16)8-6-9/h1-8H. The number of halogens is 2. The first-order chi connectivity index (χ1) is 9.24. The van der Waals surface area contributed by atoms with Gasteiger partial charge in [0.25, 0.3) is 5.89 Å². The lowest BCUT2D eigenvalue weighted by Crippen LogP contribution is -1.82. The minimum absolute atomic E-state index is 0.297. The van der Waals surface area contributed by atoms with Crippen molar-refractivity contribution in [3.63, 3.8) is 0 Å². The molecule has 0 aliphatic carbocycles. The number of hydrogen-bond donors (Lipinski definition) is 0. The van der Waals surface area contributed by atoms with Crippen molar-refractivity contribution in [2.24, 2.45) is 0 Å². The molecule has 0 aliphatic heterocycles. The molecule has 3 aromatic rings. The van der Waals surface area contributed by atoms with E-state index >= 15 is 0 Å². The van der Waals surface area contributed by atoms with Gasteiger partial charge in [0.2, 0.25) is 5.82 Å². The van der Waals surface area contributed by atoms with Crippen molar-refractivity contribution in [3.8, 4) is 22.8 Å². The number of benzene rings is 2. The predicted molar refractivity (Wildman–Crippen MR) is 72.8 cm³/mol. The minimum atomic E-state index is -0.297. The third kappa shape index (κ3) is 2.42. The van der Waals surface area contributed by atoms with Crippen molar-refractivity contribution in [2.45, 2.75) is 0 Å². The first-order valence-electron chi connectivity index (χ1n) is 5.58. The van der Waals surface area contributed by atoms with Crippen LogP contribution in [0.3, 0.4) is 0 Å². The Balaban J connectivity index is 2.00. The van der Waals surface area contributed by atoms with Crippen LogP contribution in [-0.2, 0) is 0 Å².